The molecule has 110 valence electrons. The van der Waals surface area contributed by atoms with Gasteiger partial charge in [-0.25, -0.2) is 4.79 Å². The Morgan fingerprint density at radius 2 is 2.20 bits per heavy atom. The summed E-state index contributed by atoms with van der Waals surface area (Å²) in [5, 5.41) is 3.07. The fraction of sp³-hybridized carbons (Fsp3) is 0.562. The SMILES string of the molecule is CC[C@]1(NC(=O)OC(C)(C)C)C[C@H]1c1cccc(Br)c1. The second kappa shape index (κ2) is 5.40. The van der Waals surface area contributed by atoms with Crippen molar-refractivity contribution < 1.29 is 9.53 Å². The molecule has 1 saturated carbocycles. The molecule has 1 amide bonds. The van der Waals surface area contributed by atoms with Gasteiger partial charge in [0.05, 0.1) is 5.54 Å². The van der Waals surface area contributed by atoms with Crippen LogP contribution in [0.5, 0.6) is 0 Å². The van der Waals surface area contributed by atoms with Crippen molar-refractivity contribution in [3.63, 3.8) is 0 Å². The Hall–Kier alpha value is -1.03. The molecule has 0 radical (unpaired) electrons. The van der Waals surface area contributed by atoms with Crippen LogP contribution in [0, 0.1) is 0 Å². The number of alkyl carbamates (subject to hydrolysis) is 1. The average molecular weight is 340 g/mol. The molecule has 0 bridgehead atoms. The van der Waals surface area contributed by atoms with Crippen molar-refractivity contribution in [1.82, 2.24) is 5.32 Å². The van der Waals surface area contributed by atoms with Gasteiger partial charge < -0.3 is 10.1 Å². The maximum atomic E-state index is 12.0. The first-order valence-corrected chi connectivity index (χ1v) is 7.82. The monoisotopic (exact) mass is 339 g/mol. The zero-order chi connectivity index (χ0) is 15.0. The second-order valence-electron chi connectivity index (χ2n) is 6.45. The van der Waals surface area contributed by atoms with Gasteiger partial charge in [-0.05, 0) is 51.3 Å². The van der Waals surface area contributed by atoms with Crippen LogP contribution in [-0.4, -0.2) is 17.2 Å². The zero-order valence-corrected chi connectivity index (χ0v) is 14.1. The summed E-state index contributed by atoms with van der Waals surface area (Å²) in [4.78, 5) is 12.0. The summed E-state index contributed by atoms with van der Waals surface area (Å²) in [6.07, 6.45) is 1.56. The lowest BCUT2D eigenvalue weighted by Gasteiger charge is -2.23. The Bertz CT molecular complexity index is 509. The third-order valence-electron chi connectivity index (χ3n) is 3.71. The van der Waals surface area contributed by atoms with Crippen molar-refractivity contribution in [2.45, 2.75) is 57.6 Å². The van der Waals surface area contributed by atoms with Crippen LogP contribution in [0.3, 0.4) is 0 Å². The molecule has 2 atom stereocenters. The van der Waals surface area contributed by atoms with Gasteiger partial charge >= 0.3 is 6.09 Å². The maximum absolute atomic E-state index is 12.0. The Morgan fingerprint density at radius 1 is 1.50 bits per heavy atom. The predicted molar refractivity (Wildman–Crippen MR) is 83.9 cm³/mol. The molecular formula is C16H22BrNO2. The minimum atomic E-state index is -0.459. The van der Waals surface area contributed by atoms with E-state index in [9.17, 15) is 4.79 Å². The summed E-state index contributed by atoms with van der Waals surface area (Å²) in [6, 6.07) is 8.29. The van der Waals surface area contributed by atoms with E-state index < -0.39 is 5.60 Å². The van der Waals surface area contributed by atoms with Gasteiger partial charge in [-0.2, -0.15) is 0 Å². The molecule has 3 nitrogen and oxygen atoms in total. The minimum absolute atomic E-state index is 0.150. The third-order valence-corrected chi connectivity index (χ3v) is 4.20. The predicted octanol–water partition coefficient (Wildman–Crippen LogP) is 4.61. The van der Waals surface area contributed by atoms with E-state index in [-0.39, 0.29) is 11.6 Å². The van der Waals surface area contributed by atoms with Gasteiger partial charge in [-0.1, -0.05) is 35.0 Å². The summed E-state index contributed by atoms with van der Waals surface area (Å²) in [5.41, 5.74) is 0.653. The van der Waals surface area contributed by atoms with Crippen LogP contribution in [0.15, 0.2) is 28.7 Å². The molecule has 1 N–H and O–H groups in total. The van der Waals surface area contributed by atoms with Crippen LogP contribution >= 0.6 is 15.9 Å². The molecule has 1 aromatic rings. The van der Waals surface area contributed by atoms with E-state index >= 15 is 0 Å². The van der Waals surface area contributed by atoms with Gasteiger partial charge in [0.15, 0.2) is 0 Å². The molecule has 4 heteroatoms. The molecule has 1 aromatic carbocycles. The lowest BCUT2D eigenvalue weighted by atomic mass is 10.0. The first-order valence-electron chi connectivity index (χ1n) is 7.02. The number of hydrogen-bond donors (Lipinski definition) is 1. The molecule has 1 fully saturated rings. The van der Waals surface area contributed by atoms with E-state index in [1.165, 1.54) is 5.56 Å². The van der Waals surface area contributed by atoms with Gasteiger partial charge in [-0.3, -0.25) is 0 Å². The smallest absolute Gasteiger partial charge is 0.408 e. The highest BCUT2D eigenvalue weighted by molar-refractivity contribution is 9.10. The highest BCUT2D eigenvalue weighted by atomic mass is 79.9. The lowest BCUT2D eigenvalue weighted by Crippen LogP contribution is -2.41. The topological polar surface area (TPSA) is 38.3 Å². The summed E-state index contributed by atoms with van der Waals surface area (Å²) in [6.45, 7) is 7.74. The Labute approximate surface area is 129 Å². The molecule has 20 heavy (non-hydrogen) atoms. The number of benzene rings is 1. The fourth-order valence-corrected chi connectivity index (χ4v) is 3.01. The third kappa shape index (κ3) is 3.54. The average Bonchev–Trinajstić information content (AvgIpc) is 3.01. The fourth-order valence-electron chi connectivity index (χ4n) is 2.59. The van der Waals surface area contributed by atoms with Crippen molar-refractivity contribution in [2.24, 2.45) is 0 Å². The second-order valence-corrected chi connectivity index (χ2v) is 7.36. The number of ether oxygens (including phenoxy) is 1. The van der Waals surface area contributed by atoms with E-state index in [0.29, 0.717) is 5.92 Å². The quantitative estimate of drug-likeness (QED) is 0.873. The van der Waals surface area contributed by atoms with Gasteiger partial charge in [0.2, 0.25) is 0 Å². The number of halogens is 1. The first-order chi connectivity index (χ1) is 9.26. The van der Waals surface area contributed by atoms with Crippen molar-refractivity contribution in [1.29, 1.82) is 0 Å². The van der Waals surface area contributed by atoms with Gasteiger partial charge in [0.1, 0.15) is 5.60 Å². The van der Waals surface area contributed by atoms with E-state index in [4.69, 9.17) is 4.74 Å². The minimum Gasteiger partial charge on any atom is -0.444 e. The van der Waals surface area contributed by atoms with Gasteiger partial charge in [0.25, 0.3) is 0 Å². The highest BCUT2D eigenvalue weighted by Crippen LogP contribution is 2.53. The van der Waals surface area contributed by atoms with Crippen LogP contribution in [0.4, 0.5) is 4.79 Å². The van der Waals surface area contributed by atoms with Crippen LogP contribution in [0.1, 0.15) is 52.0 Å². The maximum Gasteiger partial charge on any atom is 0.408 e. The van der Waals surface area contributed by atoms with Crippen LogP contribution in [0.25, 0.3) is 0 Å². The molecule has 0 saturated heterocycles. The molecule has 1 aliphatic rings. The number of hydrogen-bond acceptors (Lipinski definition) is 2. The highest BCUT2D eigenvalue weighted by Gasteiger charge is 2.55. The summed E-state index contributed by atoms with van der Waals surface area (Å²) >= 11 is 3.50. The Kier molecular flexibility index (Phi) is 4.14. The van der Waals surface area contributed by atoms with E-state index in [2.05, 4.69) is 40.3 Å². The molecule has 0 heterocycles. The van der Waals surface area contributed by atoms with E-state index in [0.717, 1.165) is 17.3 Å². The first kappa shape index (κ1) is 15.4. The molecule has 0 aromatic heterocycles. The molecule has 2 rings (SSSR count). The Morgan fingerprint density at radius 3 is 2.75 bits per heavy atom. The zero-order valence-electron chi connectivity index (χ0n) is 12.5. The summed E-state index contributed by atoms with van der Waals surface area (Å²) < 4.78 is 6.44. The van der Waals surface area contributed by atoms with Crippen molar-refractivity contribution >= 4 is 22.0 Å². The number of rotatable bonds is 3. The number of amides is 1. The molecule has 0 unspecified atom stereocenters. The number of carbonyl (C=O) groups is 1. The van der Waals surface area contributed by atoms with Crippen LogP contribution < -0.4 is 5.32 Å². The molecular weight excluding hydrogens is 318 g/mol. The van der Waals surface area contributed by atoms with Crippen molar-refractivity contribution in [3.05, 3.63) is 34.3 Å². The summed E-state index contributed by atoms with van der Waals surface area (Å²) in [5.74, 6) is 0.373. The van der Waals surface area contributed by atoms with Gasteiger partial charge in [0, 0.05) is 10.4 Å². The van der Waals surface area contributed by atoms with Crippen molar-refractivity contribution in [2.75, 3.05) is 0 Å². The van der Waals surface area contributed by atoms with E-state index in [1.807, 2.05) is 32.9 Å². The van der Waals surface area contributed by atoms with E-state index in [1.54, 1.807) is 0 Å². The molecule has 0 aliphatic heterocycles. The molecule has 1 aliphatic carbocycles. The van der Waals surface area contributed by atoms with Crippen LogP contribution in [-0.2, 0) is 4.74 Å². The van der Waals surface area contributed by atoms with Crippen LogP contribution in [0.2, 0.25) is 0 Å². The number of carbonyl (C=O) groups excluding carboxylic acids is 1. The molecule has 0 spiro atoms. The standard InChI is InChI=1S/C16H22BrNO2/c1-5-16(18-14(19)20-15(2,3)4)10-13(16)11-7-6-8-12(17)9-11/h6-9,13H,5,10H2,1-4H3,(H,18,19)/t13-,16-/m0/s1. The normalized spacial score (nSPS) is 25.1. The lowest BCUT2D eigenvalue weighted by molar-refractivity contribution is 0.0493. The van der Waals surface area contributed by atoms with Crippen molar-refractivity contribution in [3.8, 4) is 0 Å². The van der Waals surface area contributed by atoms with Gasteiger partial charge in [-0.15, -0.1) is 0 Å². The largest absolute Gasteiger partial charge is 0.444 e. The Balaban J connectivity index is 2.05. The summed E-state index contributed by atoms with van der Waals surface area (Å²) in [7, 11) is 0. The number of nitrogens with one attached hydrogen (secondary N) is 1.